The van der Waals surface area contributed by atoms with Gasteiger partial charge in [0.1, 0.15) is 5.75 Å². The van der Waals surface area contributed by atoms with Gasteiger partial charge in [0, 0.05) is 62.6 Å². The number of alkyl halides is 3. The lowest BCUT2D eigenvalue weighted by atomic mass is 9.75. The van der Waals surface area contributed by atoms with Crippen LogP contribution < -0.4 is 9.46 Å². The number of hydrogen-bond acceptors (Lipinski definition) is 6. The van der Waals surface area contributed by atoms with E-state index in [1.54, 1.807) is 12.0 Å². The molecule has 2 amide bonds. The lowest BCUT2D eigenvalue weighted by molar-refractivity contribution is -0.278. The predicted molar refractivity (Wildman–Crippen MR) is 183 cm³/mol. The van der Waals surface area contributed by atoms with E-state index in [0.717, 1.165) is 52.2 Å². The number of carbonyl (C=O) groups excluding carboxylic acids is 2. The Hall–Kier alpha value is -3.62. The second-order valence-electron chi connectivity index (χ2n) is 15.3. The highest BCUT2D eigenvalue weighted by molar-refractivity contribution is 7.87. The van der Waals surface area contributed by atoms with Crippen LogP contribution in [0, 0.1) is 5.92 Å². The van der Waals surface area contributed by atoms with Crippen molar-refractivity contribution in [3.63, 3.8) is 0 Å². The maximum atomic E-state index is 14.8. The zero-order valence-electron chi connectivity index (χ0n) is 28.9. The van der Waals surface area contributed by atoms with Crippen molar-refractivity contribution in [2.75, 3.05) is 21.2 Å². The van der Waals surface area contributed by atoms with Gasteiger partial charge in [-0.15, -0.1) is 0 Å². The number of nitrogens with zero attached hydrogens (tertiary/aromatic N) is 3. The molecule has 4 heterocycles. The fourth-order valence-corrected chi connectivity index (χ4v) is 10.3. The number of benzene rings is 1. The van der Waals surface area contributed by atoms with E-state index >= 15 is 0 Å². The molecule has 3 unspecified atom stereocenters. The van der Waals surface area contributed by atoms with Gasteiger partial charge in [0.25, 0.3) is 5.91 Å². The molecule has 0 spiro atoms. The SMILES string of the molecule is COc1ccc(C2CCCCC2)c2c1cc1n2CC2=C(C(=O)NS(=O)(=O)N(C)C)C2=C2C=CC[C@@H](C(=O)N3C4CCC3CC(O)(C(F)(F)F)C4)C21. The minimum Gasteiger partial charge on any atom is -0.496 e. The Kier molecular flexibility index (Phi) is 8.08. The van der Waals surface area contributed by atoms with Gasteiger partial charge in [-0.1, -0.05) is 37.5 Å². The molecular weight excluding hydrogens is 685 g/mol. The Bertz CT molecular complexity index is 2030. The summed E-state index contributed by atoms with van der Waals surface area (Å²) >= 11 is 0. The zero-order chi connectivity index (χ0) is 36.2. The molecule has 10 nitrogen and oxygen atoms in total. The van der Waals surface area contributed by atoms with Crippen LogP contribution in [0.3, 0.4) is 0 Å². The summed E-state index contributed by atoms with van der Waals surface area (Å²) in [4.78, 5) is 30.1. The van der Waals surface area contributed by atoms with E-state index in [1.165, 1.54) is 26.1 Å². The molecule has 1 aromatic carbocycles. The van der Waals surface area contributed by atoms with E-state index in [0.29, 0.717) is 42.1 Å². The van der Waals surface area contributed by atoms with Gasteiger partial charge < -0.3 is 19.3 Å². The summed E-state index contributed by atoms with van der Waals surface area (Å²) in [6.07, 6.45) is 4.44. The van der Waals surface area contributed by atoms with Crippen LogP contribution in [0.1, 0.15) is 87.3 Å². The van der Waals surface area contributed by atoms with Gasteiger partial charge in [-0.2, -0.15) is 25.9 Å². The smallest absolute Gasteiger partial charge is 0.417 e. The predicted octanol–water partition coefficient (Wildman–Crippen LogP) is 5.35. The molecule has 8 rings (SSSR count). The Morgan fingerprint density at radius 1 is 1.06 bits per heavy atom. The summed E-state index contributed by atoms with van der Waals surface area (Å²) < 4.78 is 78.5. The van der Waals surface area contributed by atoms with E-state index in [2.05, 4.69) is 21.4 Å². The van der Waals surface area contributed by atoms with Crippen molar-refractivity contribution >= 4 is 32.9 Å². The van der Waals surface area contributed by atoms with Gasteiger partial charge in [-0.05, 0) is 72.4 Å². The number of hydrogen-bond donors (Lipinski definition) is 2. The number of allylic oxidation sites excluding steroid dienone is 4. The minimum atomic E-state index is -4.80. The molecule has 4 atom stereocenters. The van der Waals surface area contributed by atoms with Crippen LogP contribution in [0.5, 0.6) is 5.75 Å². The molecule has 3 aliphatic carbocycles. The van der Waals surface area contributed by atoms with Crippen molar-refractivity contribution < 1.29 is 41.0 Å². The van der Waals surface area contributed by atoms with Crippen molar-refractivity contribution in [1.82, 2.24) is 18.5 Å². The van der Waals surface area contributed by atoms with E-state index in [1.807, 2.05) is 18.2 Å². The molecule has 2 saturated heterocycles. The largest absolute Gasteiger partial charge is 0.496 e. The van der Waals surface area contributed by atoms with E-state index < -0.39 is 64.7 Å². The summed E-state index contributed by atoms with van der Waals surface area (Å²) in [5.74, 6) is -1.29. The summed E-state index contributed by atoms with van der Waals surface area (Å²) in [6.45, 7) is 0.286. The fraction of sp³-hybridized carbons (Fsp3) is 0.568. The van der Waals surface area contributed by atoms with Crippen LogP contribution in [0.25, 0.3) is 10.9 Å². The summed E-state index contributed by atoms with van der Waals surface area (Å²) in [5.41, 5.74) is 2.48. The average molecular weight is 729 g/mol. The van der Waals surface area contributed by atoms with Crippen LogP contribution in [-0.4, -0.2) is 84.2 Å². The molecule has 2 N–H and O–H groups in total. The van der Waals surface area contributed by atoms with Crippen LogP contribution in [-0.2, 0) is 26.3 Å². The quantitative estimate of drug-likeness (QED) is 0.414. The minimum absolute atomic E-state index is 0.263. The first-order valence-electron chi connectivity index (χ1n) is 17.9. The van der Waals surface area contributed by atoms with Crippen molar-refractivity contribution in [1.29, 1.82) is 0 Å². The first-order valence-corrected chi connectivity index (χ1v) is 19.3. The number of rotatable bonds is 6. The molecule has 1 aromatic heterocycles. The second-order valence-corrected chi connectivity index (χ2v) is 17.2. The van der Waals surface area contributed by atoms with Gasteiger partial charge in [-0.3, -0.25) is 9.59 Å². The third-order valence-corrected chi connectivity index (χ3v) is 13.7. The molecule has 2 bridgehead atoms. The normalized spacial score (nSPS) is 29.2. The van der Waals surface area contributed by atoms with Gasteiger partial charge >= 0.3 is 16.4 Å². The number of methoxy groups -OCH3 is 1. The van der Waals surface area contributed by atoms with Crippen molar-refractivity contribution in [3.05, 3.63) is 63.9 Å². The van der Waals surface area contributed by atoms with Gasteiger partial charge in [0.15, 0.2) is 5.60 Å². The average Bonchev–Trinajstić information content (AvgIpc) is 3.62. The zero-order valence-corrected chi connectivity index (χ0v) is 29.7. The summed E-state index contributed by atoms with van der Waals surface area (Å²) in [5, 5.41) is 11.6. The Balaban J connectivity index is 1.27. The van der Waals surface area contributed by atoms with Crippen molar-refractivity contribution in [2.24, 2.45) is 5.92 Å². The lowest BCUT2D eigenvalue weighted by Crippen LogP contribution is -2.60. The molecule has 3 aliphatic heterocycles. The number of aromatic nitrogens is 1. The number of aliphatic hydroxyl groups is 1. The number of fused-ring (bicyclic) bond motifs is 8. The third-order valence-electron chi connectivity index (χ3n) is 12.3. The number of piperidine rings is 1. The molecule has 14 heteroatoms. The maximum Gasteiger partial charge on any atom is 0.417 e. The van der Waals surface area contributed by atoms with Gasteiger partial charge in [0.2, 0.25) is 5.91 Å². The van der Waals surface area contributed by atoms with Crippen LogP contribution in [0.4, 0.5) is 13.2 Å². The molecule has 0 radical (unpaired) electrons. The highest BCUT2D eigenvalue weighted by Gasteiger charge is 2.62. The highest BCUT2D eigenvalue weighted by Crippen LogP contribution is 2.56. The molecule has 1 saturated carbocycles. The molecule has 274 valence electrons. The lowest BCUT2D eigenvalue weighted by Gasteiger charge is -2.46. The van der Waals surface area contributed by atoms with Crippen molar-refractivity contribution in [2.45, 2.75) is 106 Å². The van der Waals surface area contributed by atoms with Crippen LogP contribution in [0.2, 0.25) is 0 Å². The van der Waals surface area contributed by atoms with Crippen LogP contribution >= 0.6 is 0 Å². The third kappa shape index (κ3) is 5.37. The number of halogens is 3. The Morgan fingerprint density at radius 3 is 2.37 bits per heavy atom. The van der Waals surface area contributed by atoms with Crippen molar-refractivity contribution in [3.8, 4) is 5.75 Å². The number of ether oxygens (including phenoxy) is 1. The van der Waals surface area contributed by atoms with E-state index in [4.69, 9.17) is 4.74 Å². The Labute approximate surface area is 295 Å². The molecular formula is C37H43F3N4O6S. The number of nitrogens with one attached hydrogen (secondary N) is 1. The number of carbonyl (C=O) groups is 2. The standard InChI is InChI=1S/C37H43F3N4O6S/c1-42(2)51(48,49)41-34(45)32-27-19-43-28(16-26-29(50-3)15-14-23(33(26)43)20-8-5-4-6-9-20)30-24(31(27)32)10-7-11-25(30)35(46)44-21-12-13-22(44)18-36(47,17-21)37(38,39)40/h7,10,14-16,20-22,25,30,47H,4-6,8-9,11-13,17-19H2,1-3H3,(H,41,45)/t21?,22?,25-,30?,36?/m1/s1. The number of amides is 2. The van der Waals surface area contributed by atoms with E-state index in [-0.39, 0.29) is 18.0 Å². The summed E-state index contributed by atoms with van der Waals surface area (Å²) in [7, 11) is 0.188. The molecule has 3 fully saturated rings. The molecule has 2 aromatic rings. The maximum absolute atomic E-state index is 14.8. The first kappa shape index (κ1) is 34.5. The molecule has 51 heavy (non-hydrogen) atoms. The van der Waals surface area contributed by atoms with Gasteiger partial charge in [0.05, 0.1) is 24.1 Å². The van der Waals surface area contributed by atoms with Crippen LogP contribution in [0.15, 0.2) is 52.6 Å². The molecule has 6 aliphatic rings. The fourth-order valence-electron chi connectivity index (χ4n) is 9.78. The van der Waals surface area contributed by atoms with Gasteiger partial charge in [-0.25, -0.2) is 4.72 Å². The highest BCUT2D eigenvalue weighted by atomic mass is 32.2. The summed E-state index contributed by atoms with van der Waals surface area (Å²) in [6, 6.07) is 4.67. The van der Waals surface area contributed by atoms with E-state index in [9.17, 15) is 36.3 Å². The second kappa shape index (κ2) is 12.0. The monoisotopic (exact) mass is 728 g/mol. The Morgan fingerprint density at radius 2 is 1.75 bits per heavy atom. The first-order chi connectivity index (χ1) is 24.1. The topological polar surface area (TPSA) is 121 Å².